The van der Waals surface area contributed by atoms with Gasteiger partial charge in [0, 0.05) is 16.0 Å². The smallest absolute Gasteiger partial charge is 0.337 e. The number of nitrogens with zero attached hydrogens (tertiary/aromatic N) is 1. The number of methoxy groups -OCH3 is 1. The maximum atomic E-state index is 13.1. The summed E-state index contributed by atoms with van der Waals surface area (Å²) in [5, 5.41) is 3.69. The zero-order valence-electron chi connectivity index (χ0n) is 15.9. The molecule has 0 atom stereocenters. The number of carbonyl (C=O) groups excluding carboxylic acids is 2. The molecule has 5 nitrogen and oxygen atoms in total. The van der Waals surface area contributed by atoms with E-state index in [9.17, 15) is 9.59 Å². The van der Waals surface area contributed by atoms with Crippen molar-refractivity contribution in [2.24, 2.45) is 0 Å². The summed E-state index contributed by atoms with van der Waals surface area (Å²) in [5.41, 5.74) is 3.11. The zero-order chi connectivity index (χ0) is 20.4. The number of anilines is 1. The molecule has 0 spiro atoms. The van der Waals surface area contributed by atoms with Gasteiger partial charge in [-0.2, -0.15) is 0 Å². The van der Waals surface area contributed by atoms with Crippen molar-refractivity contribution in [3.8, 4) is 10.6 Å². The minimum absolute atomic E-state index is 0.232. The Bertz CT molecular complexity index is 1210. The van der Waals surface area contributed by atoms with E-state index in [-0.39, 0.29) is 5.91 Å². The predicted molar refractivity (Wildman–Crippen MR) is 116 cm³/mol. The normalized spacial score (nSPS) is 10.7. The van der Waals surface area contributed by atoms with Crippen molar-refractivity contribution in [3.05, 3.63) is 82.7 Å². The first-order chi connectivity index (χ1) is 14.0. The van der Waals surface area contributed by atoms with Crippen LogP contribution in [-0.2, 0) is 4.74 Å². The summed E-state index contributed by atoms with van der Waals surface area (Å²) in [7, 11) is 1.33. The van der Waals surface area contributed by atoms with E-state index < -0.39 is 5.97 Å². The van der Waals surface area contributed by atoms with E-state index in [2.05, 4.69) is 5.32 Å². The van der Waals surface area contributed by atoms with Crippen LogP contribution in [0.3, 0.4) is 0 Å². The van der Waals surface area contributed by atoms with Gasteiger partial charge in [-0.25, -0.2) is 9.78 Å². The van der Waals surface area contributed by atoms with Crippen LogP contribution >= 0.6 is 11.3 Å². The van der Waals surface area contributed by atoms with Crippen LogP contribution in [0.15, 0.2) is 66.7 Å². The lowest BCUT2D eigenvalue weighted by molar-refractivity contribution is 0.0600. The highest BCUT2D eigenvalue weighted by molar-refractivity contribution is 7.15. The summed E-state index contributed by atoms with van der Waals surface area (Å²) in [5.74, 6) is -0.650. The number of rotatable bonds is 4. The lowest BCUT2D eigenvalue weighted by Gasteiger charge is -2.10. The van der Waals surface area contributed by atoms with Gasteiger partial charge in [0.15, 0.2) is 0 Å². The minimum atomic E-state index is -0.418. The maximum absolute atomic E-state index is 13.1. The molecule has 2 aromatic heterocycles. The molecule has 144 valence electrons. The van der Waals surface area contributed by atoms with Gasteiger partial charge in [-0.05, 0) is 55.5 Å². The number of amides is 1. The van der Waals surface area contributed by atoms with Gasteiger partial charge in [0.25, 0.3) is 5.91 Å². The number of fused-ring (bicyclic) bond motifs is 1. The SMILES string of the molecule is COC(=O)c1ccc(NC(=O)c2cc(-c3ccc(C)s3)nc3ccccc23)cc1. The van der Waals surface area contributed by atoms with Gasteiger partial charge in [-0.1, -0.05) is 18.2 Å². The Hall–Kier alpha value is -3.51. The number of pyridine rings is 1. The zero-order valence-corrected chi connectivity index (χ0v) is 16.7. The third-order valence-corrected chi connectivity index (χ3v) is 5.54. The summed E-state index contributed by atoms with van der Waals surface area (Å²) < 4.78 is 4.70. The fraction of sp³-hybridized carbons (Fsp3) is 0.0870. The number of aryl methyl sites for hydroxylation is 1. The second-order valence-electron chi connectivity index (χ2n) is 6.51. The number of aromatic nitrogens is 1. The van der Waals surface area contributed by atoms with E-state index in [0.717, 1.165) is 21.5 Å². The molecule has 6 heteroatoms. The van der Waals surface area contributed by atoms with Crippen molar-refractivity contribution in [2.75, 3.05) is 12.4 Å². The highest BCUT2D eigenvalue weighted by Gasteiger charge is 2.15. The molecule has 0 saturated carbocycles. The van der Waals surface area contributed by atoms with Crippen LogP contribution in [0, 0.1) is 6.92 Å². The average molecular weight is 402 g/mol. The number of thiophene rings is 1. The third-order valence-electron chi connectivity index (χ3n) is 4.52. The van der Waals surface area contributed by atoms with E-state index in [0.29, 0.717) is 16.8 Å². The first-order valence-electron chi connectivity index (χ1n) is 9.01. The molecule has 4 rings (SSSR count). The van der Waals surface area contributed by atoms with Gasteiger partial charge in [-0.3, -0.25) is 4.79 Å². The highest BCUT2D eigenvalue weighted by Crippen LogP contribution is 2.30. The summed E-state index contributed by atoms with van der Waals surface area (Å²) in [6, 6.07) is 20.1. The number of hydrogen-bond donors (Lipinski definition) is 1. The van der Waals surface area contributed by atoms with Crippen LogP contribution in [0.4, 0.5) is 5.69 Å². The van der Waals surface area contributed by atoms with Crippen LogP contribution < -0.4 is 5.32 Å². The van der Waals surface area contributed by atoms with Crippen LogP contribution in [0.25, 0.3) is 21.5 Å². The lowest BCUT2D eigenvalue weighted by Crippen LogP contribution is -2.13. The molecule has 2 aromatic carbocycles. The predicted octanol–water partition coefficient (Wildman–Crippen LogP) is 5.31. The molecule has 0 radical (unpaired) electrons. The number of carbonyl (C=O) groups is 2. The Morgan fingerprint density at radius 2 is 1.76 bits per heavy atom. The largest absolute Gasteiger partial charge is 0.465 e. The second-order valence-corrected chi connectivity index (χ2v) is 7.79. The number of benzene rings is 2. The van der Waals surface area contributed by atoms with Crippen molar-refractivity contribution in [2.45, 2.75) is 6.92 Å². The molecule has 0 aliphatic heterocycles. The molecular formula is C23H18N2O3S. The van der Waals surface area contributed by atoms with E-state index in [1.807, 2.05) is 49.4 Å². The average Bonchev–Trinajstić information content (AvgIpc) is 3.19. The van der Waals surface area contributed by atoms with E-state index in [4.69, 9.17) is 9.72 Å². The summed E-state index contributed by atoms with van der Waals surface area (Å²) in [6.07, 6.45) is 0. The molecule has 1 amide bonds. The summed E-state index contributed by atoms with van der Waals surface area (Å²) in [4.78, 5) is 31.6. The Kier molecular flexibility index (Phi) is 5.10. The van der Waals surface area contributed by atoms with Crippen LogP contribution in [0.2, 0.25) is 0 Å². The third kappa shape index (κ3) is 3.88. The second kappa shape index (κ2) is 7.85. The molecule has 1 N–H and O–H groups in total. The molecule has 0 bridgehead atoms. The van der Waals surface area contributed by atoms with Crippen molar-refractivity contribution >= 4 is 39.8 Å². The standard InChI is InChI=1S/C23H18N2O3S/c1-14-7-12-21(29-14)20-13-18(17-5-3-4-6-19(17)25-20)22(26)24-16-10-8-15(9-11-16)23(27)28-2/h3-13H,1-2H3,(H,24,26). The van der Waals surface area contributed by atoms with Crippen LogP contribution in [0.1, 0.15) is 25.6 Å². The molecule has 0 fully saturated rings. The van der Waals surface area contributed by atoms with E-state index in [1.165, 1.54) is 12.0 Å². The molecule has 29 heavy (non-hydrogen) atoms. The molecule has 2 heterocycles. The highest BCUT2D eigenvalue weighted by atomic mass is 32.1. The van der Waals surface area contributed by atoms with Crippen molar-refractivity contribution in [1.82, 2.24) is 4.98 Å². The van der Waals surface area contributed by atoms with Gasteiger partial charge >= 0.3 is 5.97 Å². The number of hydrogen-bond acceptors (Lipinski definition) is 5. The first kappa shape index (κ1) is 18.8. The topological polar surface area (TPSA) is 68.3 Å². The molecule has 0 aliphatic carbocycles. The first-order valence-corrected chi connectivity index (χ1v) is 9.83. The molecular weight excluding hydrogens is 384 g/mol. The van der Waals surface area contributed by atoms with Gasteiger partial charge in [0.05, 0.1) is 34.3 Å². The molecule has 0 saturated heterocycles. The van der Waals surface area contributed by atoms with Crippen molar-refractivity contribution < 1.29 is 14.3 Å². The maximum Gasteiger partial charge on any atom is 0.337 e. The van der Waals surface area contributed by atoms with Crippen molar-refractivity contribution in [3.63, 3.8) is 0 Å². The van der Waals surface area contributed by atoms with Gasteiger partial charge in [0.2, 0.25) is 0 Å². The molecule has 0 unspecified atom stereocenters. The monoisotopic (exact) mass is 402 g/mol. The number of para-hydroxylation sites is 1. The minimum Gasteiger partial charge on any atom is -0.465 e. The Morgan fingerprint density at radius 3 is 2.45 bits per heavy atom. The van der Waals surface area contributed by atoms with Crippen LogP contribution in [0.5, 0.6) is 0 Å². The van der Waals surface area contributed by atoms with Gasteiger partial charge in [0.1, 0.15) is 0 Å². The fourth-order valence-electron chi connectivity index (χ4n) is 3.07. The van der Waals surface area contributed by atoms with Crippen LogP contribution in [-0.4, -0.2) is 24.0 Å². The summed E-state index contributed by atoms with van der Waals surface area (Å²) >= 11 is 1.64. The number of nitrogens with one attached hydrogen (secondary N) is 1. The van der Waals surface area contributed by atoms with Gasteiger partial charge < -0.3 is 10.1 Å². The van der Waals surface area contributed by atoms with Gasteiger partial charge in [-0.15, -0.1) is 11.3 Å². The number of ether oxygens (including phenoxy) is 1. The molecule has 4 aromatic rings. The van der Waals surface area contributed by atoms with E-state index in [1.54, 1.807) is 35.6 Å². The molecule has 0 aliphatic rings. The lowest BCUT2D eigenvalue weighted by atomic mass is 10.1. The number of esters is 1. The quantitative estimate of drug-likeness (QED) is 0.470. The van der Waals surface area contributed by atoms with Crippen molar-refractivity contribution in [1.29, 1.82) is 0 Å². The Balaban J connectivity index is 1.70. The summed E-state index contributed by atoms with van der Waals surface area (Å²) in [6.45, 7) is 2.04. The Labute approximate surface area is 172 Å². The van der Waals surface area contributed by atoms with E-state index >= 15 is 0 Å². The Morgan fingerprint density at radius 1 is 1.00 bits per heavy atom. The fourth-order valence-corrected chi connectivity index (χ4v) is 3.90.